The Hall–Kier alpha value is -2.67. The van der Waals surface area contributed by atoms with Gasteiger partial charge in [0.05, 0.1) is 11.8 Å². The zero-order valence-corrected chi connectivity index (χ0v) is 13.4. The Labute approximate surface area is 136 Å². The number of rotatable bonds is 3. The zero-order valence-electron chi connectivity index (χ0n) is 12.6. The van der Waals surface area contributed by atoms with Gasteiger partial charge in [0, 0.05) is 12.4 Å². The van der Waals surface area contributed by atoms with Crippen molar-refractivity contribution < 1.29 is 4.42 Å². The monoisotopic (exact) mass is 323 g/mol. The summed E-state index contributed by atoms with van der Waals surface area (Å²) in [5, 5.41) is 11.1. The second kappa shape index (κ2) is 5.51. The average Bonchev–Trinajstić information content (AvgIpc) is 3.19. The van der Waals surface area contributed by atoms with Crippen molar-refractivity contribution in [2.75, 3.05) is 0 Å². The first-order valence-corrected chi connectivity index (χ1v) is 7.86. The molecule has 4 aromatic rings. The van der Waals surface area contributed by atoms with Crippen molar-refractivity contribution in [3.63, 3.8) is 0 Å². The summed E-state index contributed by atoms with van der Waals surface area (Å²) in [6.45, 7) is 2.05. The summed E-state index contributed by atoms with van der Waals surface area (Å²) >= 11 is 1.47. The fourth-order valence-corrected chi connectivity index (χ4v) is 3.19. The van der Waals surface area contributed by atoms with E-state index in [1.165, 1.54) is 17.3 Å². The van der Waals surface area contributed by atoms with E-state index in [2.05, 4.69) is 33.2 Å². The Morgan fingerprint density at radius 2 is 2.04 bits per heavy atom. The molecule has 0 aliphatic carbocycles. The van der Waals surface area contributed by atoms with Crippen LogP contribution in [0.1, 0.15) is 5.56 Å². The van der Waals surface area contributed by atoms with Crippen LogP contribution in [0.4, 0.5) is 0 Å². The second-order valence-corrected chi connectivity index (χ2v) is 6.10. The van der Waals surface area contributed by atoms with E-state index in [0.29, 0.717) is 11.6 Å². The molecule has 0 spiro atoms. The Bertz CT molecular complexity index is 977. The van der Waals surface area contributed by atoms with Gasteiger partial charge in [-0.25, -0.2) is 9.97 Å². The summed E-state index contributed by atoms with van der Waals surface area (Å²) < 4.78 is 7.29. The molecule has 3 aromatic heterocycles. The van der Waals surface area contributed by atoms with Crippen molar-refractivity contribution in [2.24, 2.45) is 7.05 Å². The molecule has 0 atom stereocenters. The SMILES string of the molecule is Cc1ccc2ncnc(Sc3nnc(-c4ccco4)n3C)c2c1. The standard InChI is InChI=1S/C16H13N5OS/c1-10-5-6-12-11(8-10)15(18-9-17-12)23-16-20-19-14(21(16)2)13-4-3-7-22-13/h3-9H,1-2H3. The molecule has 0 fully saturated rings. The van der Waals surface area contributed by atoms with Gasteiger partial charge in [0.15, 0.2) is 16.7 Å². The number of nitrogens with zero attached hydrogens (tertiary/aromatic N) is 5. The minimum Gasteiger partial charge on any atom is -0.461 e. The molecular weight excluding hydrogens is 310 g/mol. The third-order valence-electron chi connectivity index (χ3n) is 3.52. The van der Waals surface area contributed by atoms with E-state index in [-0.39, 0.29) is 0 Å². The predicted octanol–water partition coefficient (Wildman–Crippen LogP) is 3.48. The number of aromatic nitrogens is 5. The van der Waals surface area contributed by atoms with Crippen molar-refractivity contribution in [1.29, 1.82) is 0 Å². The van der Waals surface area contributed by atoms with Crippen LogP contribution in [0, 0.1) is 6.92 Å². The van der Waals surface area contributed by atoms with E-state index in [1.54, 1.807) is 12.6 Å². The fourth-order valence-electron chi connectivity index (χ4n) is 2.34. The number of hydrogen-bond acceptors (Lipinski definition) is 6. The Kier molecular flexibility index (Phi) is 3.34. The van der Waals surface area contributed by atoms with E-state index < -0.39 is 0 Å². The van der Waals surface area contributed by atoms with Crippen molar-refractivity contribution >= 4 is 22.7 Å². The Morgan fingerprint density at radius 1 is 1.13 bits per heavy atom. The van der Waals surface area contributed by atoms with Gasteiger partial charge in [-0.3, -0.25) is 0 Å². The van der Waals surface area contributed by atoms with Crippen molar-refractivity contribution in [2.45, 2.75) is 17.1 Å². The predicted molar refractivity (Wildman–Crippen MR) is 87.1 cm³/mol. The van der Waals surface area contributed by atoms with Gasteiger partial charge < -0.3 is 8.98 Å². The maximum atomic E-state index is 5.39. The molecule has 23 heavy (non-hydrogen) atoms. The largest absolute Gasteiger partial charge is 0.461 e. The quantitative estimate of drug-likeness (QED) is 0.538. The van der Waals surface area contributed by atoms with E-state index in [1.807, 2.05) is 35.9 Å². The minimum absolute atomic E-state index is 0.687. The normalized spacial score (nSPS) is 11.2. The van der Waals surface area contributed by atoms with Crippen LogP contribution in [0.25, 0.3) is 22.5 Å². The highest BCUT2D eigenvalue weighted by Crippen LogP contribution is 2.31. The van der Waals surface area contributed by atoms with E-state index in [0.717, 1.165) is 21.1 Å². The number of hydrogen-bond donors (Lipinski definition) is 0. The molecular formula is C16H13N5OS. The van der Waals surface area contributed by atoms with Gasteiger partial charge in [-0.05, 0) is 43.0 Å². The molecule has 0 radical (unpaired) electrons. The Balaban J connectivity index is 1.76. The summed E-state index contributed by atoms with van der Waals surface area (Å²) in [4.78, 5) is 8.71. The lowest BCUT2D eigenvalue weighted by molar-refractivity contribution is 0.572. The molecule has 0 unspecified atom stereocenters. The Morgan fingerprint density at radius 3 is 2.87 bits per heavy atom. The molecule has 0 saturated carbocycles. The first kappa shape index (κ1) is 14.0. The van der Waals surface area contributed by atoms with Gasteiger partial charge in [-0.1, -0.05) is 11.6 Å². The maximum Gasteiger partial charge on any atom is 0.200 e. The summed E-state index contributed by atoms with van der Waals surface area (Å²) in [7, 11) is 1.91. The topological polar surface area (TPSA) is 69.6 Å². The summed E-state index contributed by atoms with van der Waals surface area (Å²) in [6.07, 6.45) is 3.20. The molecule has 0 aliphatic rings. The maximum absolute atomic E-state index is 5.39. The highest BCUT2D eigenvalue weighted by molar-refractivity contribution is 7.99. The van der Waals surface area contributed by atoms with Crippen molar-refractivity contribution in [3.05, 3.63) is 48.5 Å². The molecule has 0 saturated heterocycles. The number of benzene rings is 1. The minimum atomic E-state index is 0.687. The third kappa shape index (κ3) is 2.49. The lowest BCUT2D eigenvalue weighted by Gasteiger charge is -2.05. The van der Waals surface area contributed by atoms with Crippen molar-refractivity contribution in [3.8, 4) is 11.6 Å². The van der Waals surface area contributed by atoms with Crippen LogP contribution in [0.15, 0.2) is 57.5 Å². The van der Waals surface area contributed by atoms with Crippen LogP contribution in [0.3, 0.4) is 0 Å². The van der Waals surface area contributed by atoms with Crippen LogP contribution >= 0.6 is 11.8 Å². The summed E-state index contributed by atoms with van der Waals surface area (Å²) in [5.74, 6) is 1.38. The molecule has 0 amide bonds. The summed E-state index contributed by atoms with van der Waals surface area (Å²) in [5.41, 5.74) is 2.09. The molecule has 4 rings (SSSR count). The molecule has 3 heterocycles. The molecule has 0 aliphatic heterocycles. The lowest BCUT2D eigenvalue weighted by atomic mass is 10.2. The van der Waals surface area contributed by atoms with Gasteiger partial charge in [0.25, 0.3) is 0 Å². The third-order valence-corrected chi connectivity index (χ3v) is 4.58. The molecule has 1 aromatic carbocycles. The number of furan rings is 1. The molecule has 6 nitrogen and oxygen atoms in total. The molecule has 7 heteroatoms. The number of fused-ring (bicyclic) bond motifs is 1. The molecule has 114 valence electrons. The fraction of sp³-hybridized carbons (Fsp3) is 0.125. The summed E-state index contributed by atoms with van der Waals surface area (Å²) in [6, 6.07) is 9.82. The van der Waals surface area contributed by atoms with Gasteiger partial charge in [-0.2, -0.15) is 0 Å². The first-order valence-electron chi connectivity index (χ1n) is 7.05. The lowest BCUT2D eigenvalue weighted by Crippen LogP contribution is -1.95. The zero-order chi connectivity index (χ0) is 15.8. The van der Waals surface area contributed by atoms with Crippen LogP contribution in [0.2, 0.25) is 0 Å². The smallest absolute Gasteiger partial charge is 0.200 e. The van der Waals surface area contributed by atoms with Crippen molar-refractivity contribution in [1.82, 2.24) is 24.7 Å². The van der Waals surface area contributed by atoms with Gasteiger partial charge >= 0.3 is 0 Å². The number of aryl methyl sites for hydroxylation is 1. The highest BCUT2D eigenvalue weighted by atomic mass is 32.2. The average molecular weight is 323 g/mol. The van der Waals surface area contributed by atoms with Crippen LogP contribution in [-0.4, -0.2) is 24.7 Å². The van der Waals surface area contributed by atoms with Crippen LogP contribution < -0.4 is 0 Å². The van der Waals surface area contributed by atoms with E-state index in [4.69, 9.17) is 4.42 Å². The van der Waals surface area contributed by atoms with Gasteiger partial charge in [0.1, 0.15) is 11.4 Å². The van der Waals surface area contributed by atoms with Gasteiger partial charge in [0.2, 0.25) is 0 Å². The van der Waals surface area contributed by atoms with Crippen LogP contribution in [-0.2, 0) is 7.05 Å². The van der Waals surface area contributed by atoms with Crippen LogP contribution in [0.5, 0.6) is 0 Å². The second-order valence-electron chi connectivity index (χ2n) is 5.14. The van der Waals surface area contributed by atoms with E-state index in [9.17, 15) is 0 Å². The molecule has 0 bridgehead atoms. The highest BCUT2D eigenvalue weighted by Gasteiger charge is 2.15. The van der Waals surface area contributed by atoms with E-state index >= 15 is 0 Å². The van der Waals surface area contributed by atoms with Gasteiger partial charge in [-0.15, -0.1) is 10.2 Å². The first-order chi connectivity index (χ1) is 11.2. The molecule has 0 N–H and O–H groups in total.